The number of carbonyl (C=O) groups excluding carboxylic acids is 2. The third-order valence-corrected chi connectivity index (χ3v) is 8.77. The molecular formula is C34H43FN6O2. The molecule has 3 N–H and O–H groups in total. The quantitative estimate of drug-likeness (QED) is 0.372. The zero-order chi connectivity index (χ0) is 30.8. The molecule has 5 rings (SSSR count). The highest BCUT2D eigenvalue weighted by atomic mass is 19.1. The molecule has 43 heavy (non-hydrogen) atoms. The maximum absolute atomic E-state index is 15.0. The normalized spacial score (nSPS) is 17.1. The highest BCUT2D eigenvalue weighted by Crippen LogP contribution is 2.33. The molecule has 0 spiro atoms. The lowest BCUT2D eigenvalue weighted by Crippen LogP contribution is -2.46. The van der Waals surface area contributed by atoms with Crippen LogP contribution < -0.4 is 11.1 Å². The number of benzene rings is 2. The summed E-state index contributed by atoms with van der Waals surface area (Å²) in [5.74, 6) is 0.0821. The third kappa shape index (κ3) is 6.82. The predicted octanol–water partition coefficient (Wildman–Crippen LogP) is 5.16. The minimum atomic E-state index is -0.301. The van der Waals surface area contributed by atoms with Crippen LogP contribution in [0.4, 0.5) is 15.8 Å². The van der Waals surface area contributed by atoms with Gasteiger partial charge in [0.2, 0.25) is 11.8 Å². The summed E-state index contributed by atoms with van der Waals surface area (Å²) in [5.41, 5.74) is 12.6. The number of hydrogen-bond donors (Lipinski definition) is 2. The molecule has 9 heteroatoms. The van der Waals surface area contributed by atoms with Gasteiger partial charge >= 0.3 is 0 Å². The summed E-state index contributed by atoms with van der Waals surface area (Å²) in [6.07, 6.45) is 4.52. The summed E-state index contributed by atoms with van der Waals surface area (Å²) in [7, 11) is 3.54. The molecule has 3 heterocycles. The molecule has 1 saturated heterocycles. The Morgan fingerprint density at radius 1 is 1.12 bits per heavy atom. The topological polar surface area (TPSA) is 94.8 Å². The molecule has 1 aromatic heterocycles. The molecule has 1 atom stereocenters. The van der Waals surface area contributed by atoms with Crippen molar-refractivity contribution in [1.82, 2.24) is 19.7 Å². The van der Waals surface area contributed by atoms with Crippen molar-refractivity contribution in [2.45, 2.75) is 46.1 Å². The molecule has 0 aliphatic carbocycles. The van der Waals surface area contributed by atoms with Crippen LogP contribution >= 0.6 is 0 Å². The first-order valence-electron chi connectivity index (χ1n) is 15.1. The van der Waals surface area contributed by atoms with Crippen LogP contribution in [0.25, 0.3) is 16.5 Å². The van der Waals surface area contributed by atoms with Gasteiger partial charge in [-0.25, -0.2) is 4.39 Å². The summed E-state index contributed by atoms with van der Waals surface area (Å²) in [4.78, 5) is 35.8. The lowest BCUT2D eigenvalue weighted by molar-refractivity contribution is -0.137. The number of anilines is 2. The van der Waals surface area contributed by atoms with Crippen LogP contribution in [0, 0.1) is 25.6 Å². The predicted molar refractivity (Wildman–Crippen MR) is 171 cm³/mol. The first kappa shape index (κ1) is 30.5. The number of hydrogen-bond acceptors (Lipinski definition) is 6. The number of nitrogens with zero attached hydrogens (tertiary/aromatic N) is 4. The van der Waals surface area contributed by atoms with Gasteiger partial charge in [-0.1, -0.05) is 12.1 Å². The number of likely N-dealkylation sites (N-methyl/N-ethyl adjacent to an activating group) is 1. The number of nitrogens with one attached hydrogen (secondary N) is 1. The zero-order valence-electron chi connectivity index (χ0n) is 25.9. The highest BCUT2D eigenvalue weighted by molar-refractivity contribution is 5.94. The second-order valence-corrected chi connectivity index (χ2v) is 12.3. The van der Waals surface area contributed by atoms with Crippen LogP contribution in [0.2, 0.25) is 0 Å². The van der Waals surface area contributed by atoms with Gasteiger partial charge < -0.3 is 20.9 Å². The van der Waals surface area contributed by atoms with Crippen LogP contribution in [-0.4, -0.2) is 78.3 Å². The van der Waals surface area contributed by atoms with E-state index in [4.69, 9.17) is 10.7 Å². The van der Waals surface area contributed by atoms with E-state index in [0.29, 0.717) is 36.4 Å². The summed E-state index contributed by atoms with van der Waals surface area (Å²) in [6, 6.07) is 11.3. The fourth-order valence-corrected chi connectivity index (χ4v) is 6.19. The van der Waals surface area contributed by atoms with E-state index in [1.807, 2.05) is 30.9 Å². The van der Waals surface area contributed by atoms with E-state index < -0.39 is 0 Å². The Labute approximate surface area is 253 Å². The molecule has 3 aromatic rings. The Balaban J connectivity index is 1.28. The van der Waals surface area contributed by atoms with Crippen molar-refractivity contribution in [2.75, 3.05) is 57.9 Å². The van der Waals surface area contributed by atoms with Gasteiger partial charge in [-0.15, -0.1) is 0 Å². The van der Waals surface area contributed by atoms with Crippen molar-refractivity contribution in [3.63, 3.8) is 0 Å². The molecule has 1 fully saturated rings. The van der Waals surface area contributed by atoms with Gasteiger partial charge in [0.05, 0.1) is 18.1 Å². The van der Waals surface area contributed by atoms with Crippen molar-refractivity contribution >= 4 is 39.7 Å². The van der Waals surface area contributed by atoms with Crippen molar-refractivity contribution < 1.29 is 14.0 Å². The minimum Gasteiger partial charge on any atom is -0.399 e. The minimum absolute atomic E-state index is 0.0138. The Bertz CT molecular complexity index is 1560. The number of carbonyl (C=O) groups is 2. The van der Waals surface area contributed by atoms with Crippen LogP contribution in [0.1, 0.15) is 54.6 Å². The Kier molecular flexibility index (Phi) is 9.01. The van der Waals surface area contributed by atoms with Crippen LogP contribution in [-0.2, 0) is 9.59 Å². The van der Waals surface area contributed by atoms with Gasteiger partial charge in [-0.2, -0.15) is 0 Å². The van der Waals surface area contributed by atoms with Crippen LogP contribution in [0.15, 0.2) is 42.5 Å². The molecule has 0 radical (unpaired) electrons. The Hall–Kier alpha value is -3.98. The van der Waals surface area contributed by atoms with E-state index in [1.165, 1.54) is 5.57 Å². The van der Waals surface area contributed by atoms with E-state index in [9.17, 15) is 14.0 Å². The lowest BCUT2D eigenvalue weighted by atomic mass is 9.93. The average molecular weight is 587 g/mol. The number of pyridine rings is 1. The van der Waals surface area contributed by atoms with Crippen LogP contribution in [0.3, 0.4) is 0 Å². The lowest BCUT2D eigenvalue weighted by Gasteiger charge is -2.35. The first-order chi connectivity index (χ1) is 20.5. The van der Waals surface area contributed by atoms with Gasteiger partial charge in [0.25, 0.3) is 0 Å². The largest absolute Gasteiger partial charge is 0.399 e. The number of amides is 2. The second kappa shape index (κ2) is 12.7. The van der Waals surface area contributed by atoms with E-state index in [1.54, 1.807) is 38.1 Å². The zero-order valence-corrected chi connectivity index (χ0v) is 25.9. The standard InChI is InChI=1S/C34H43FN6O2/c1-21-16-27(36)19-28(33(21)35)23(3)38-31-17-22(2)37-30-7-6-26(18-29(30)31)24-10-14-41(15-11-24)34(43)25-8-12-40(13-9-25)20-32(42)39(4)5/h6-7,10,16-19,23,25H,8-9,11-15,20,36H2,1-5H3,(H,37,38)/t23-/m1/s1. The maximum Gasteiger partial charge on any atom is 0.236 e. The number of rotatable bonds is 7. The van der Waals surface area contributed by atoms with Crippen LogP contribution in [0.5, 0.6) is 0 Å². The monoisotopic (exact) mass is 586 g/mol. The van der Waals surface area contributed by atoms with Gasteiger partial charge in [-0.05, 0) is 100 Å². The molecule has 228 valence electrons. The van der Waals surface area contributed by atoms with E-state index in [2.05, 4.69) is 28.4 Å². The van der Waals surface area contributed by atoms with Crippen molar-refractivity contribution in [1.29, 1.82) is 0 Å². The van der Waals surface area contributed by atoms with Gasteiger partial charge in [0.1, 0.15) is 5.82 Å². The molecular weight excluding hydrogens is 543 g/mol. The van der Waals surface area contributed by atoms with Gasteiger partial charge in [-0.3, -0.25) is 19.5 Å². The number of piperidine rings is 1. The smallest absolute Gasteiger partial charge is 0.236 e. The number of fused-ring (bicyclic) bond motifs is 1. The number of nitrogens with two attached hydrogens (primary N) is 1. The van der Waals surface area contributed by atoms with Crippen molar-refractivity contribution in [2.24, 2.45) is 5.92 Å². The van der Waals surface area contributed by atoms with Gasteiger partial charge in [0.15, 0.2) is 0 Å². The van der Waals surface area contributed by atoms with Gasteiger partial charge in [0, 0.05) is 61.1 Å². The number of nitrogen functional groups attached to an aromatic ring is 1. The number of aryl methyl sites for hydroxylation is 2. The third-order valence-electron chi connectivity index (χ3n) is 8.77. The average Bonchev–Trinajstić information content (AvgIpc) is 2.98. The first-order valence-corrected chi connectivity index (χ1v) is 15.1. The molecule has 0 bridgehead atoms. The summed E-state index contributed by atoms with van der Waals surface area (Å²) in [5, 5.41) is 4.48. The SMILES string of the molecule is Cc1cc(N[C@H](C)c2cc(N)cc(C)c2F)c2cc(C3=CCN(C(=O)C4CCN(CC(=O)N(C)C)CC4)CC3)ccc2n1. The summed E-state index contributed by atoms with van der Waals surface area (Å²) < 4.78 is 15.0. The molecule has 8 nitrogen and oxygen atoms in total. The highest BCUT2D eigenvalue weighted by Gasteiger charge is 2.30. The molecule has 0 unspecified atom stereocenters. The fourth-order valence-electron chi connectivity index (χ4n) is 6.19. The molecule has 2 aromatic carbocycles. The van der Waals surface area contributed by atoms with E-state index >= 15 is 0 Å². The van der Waals surface area contributed by atoms with E-state index in [-0.39, 0.29) is 29.6 Å². The fraction of sp³-hybridized carbons (Fsp3) is 0.441. The summed E-state index contributed by atoms with van der Waals surface area (Å²) in [6.45, 7) is 8.85. The molecule has 2 amide bonds. The number of likely N-dealkylation sites (tertiary alicyclic amines) is 1. The van der Waals surface area contributed by atoms with E-state index in [0.717, 1.165) is 60.2 Å². The Morgan fingerprint density at radius 3 is 2.53 bits per heavy atom. The Morgan fingerprint density at radius 2 is 1.86 bits per heavy atom. The van der Waals surface area contributed by atoms with Crippen molar-refractivity contribution in [3.8, 4) is 0 Å². The molecule has 2 aliphatic rings. The second-order valence-electron chi connectivity index (χ2n) is 12.3. The van der Waals surface area contributed by atoms with Crippen molar-refractivity contribution in [3.05, 3.63) is 70.7 Å². The molecule has 0 saturated carbocycles. The molecule has 2 aliphatic heterocycles. The summed E-state index contributed by atoms with van der Waals surface area (Å²) >= 11 is 0. The number of halogens is 1. The maximum atomic E-state index is 15.0. The number of aromatic nitrogens is 1.